The number of nitrogens with zero attached hydrogens (tertiary/aromatic N) is 1. The van der Waals surface area contributed by atoms with E-state index in [1.807, 2.05) is 19.1 Å². The van der Waals surface area contributed by atoms with E-state index in [-0.39, 0.29) is 11.6 Å². The predicted molar refractivity (Wildman–Crippen MR) is 74.4 cm³/mol. The summed E-state index contributed by atoms with van der Waals surface area (Å²) in [5.74, 6) is 0.374. The van der Waals surface area contributed by atoms with Crippen molar-refractivity contribution < 1.29 is 8.91 Å². The fourth-order valence-corrected chi connectivity index (χ4v) is 2.80. The molecule has 0 bridgehead atoms. The van der Waals surface area contributed by atoms with Crippen molar-refractivity contribution in [2.45, 2.75) is 6.92 Å². The van der Waals surface area contributed by atoms with Crippen molar-refractivity contribution in [3.63, 3.8) is 0 Å². The Morgan fingerprint density at radius 2 is 2.00 bits per heavy atom. The number of anilines is 1. The Morgan fingerprint density at radius 3 is 2.68 bits per heavy atom. The van der Waals surface area contributed by atoms with Gasteiger partial charge in [0.2, 0.25) is 0 Å². The van der Waals surface area contributed by atoms with Gasteiger partial charge < -0.3 is 10.3 Å². The summed E-state index contributed by atoms with van der Waals surface area (Å²) >= 11 is 1.56. The molecule has 0 saturated heterocycles. The zero-order valence-electron chi connectivity index (χ0n) is 10.2. The predicted octanol–water partition coefficient (Wildman–Crippen LogP) is 4.10. The van der Waals surface area contributed by atoms with Gasteiger partial charge in [-0.25, -0.2) is 4.39 Å². The van der Waals surface area contributed by atoms with Gasteiger partial charge in [-0.2, -0.15) is 0 Å². The molecule has 3 aromatic rings. The van der Waals surface area contributed by atoms with Gasteiger partial charge in [0.25, 0.3) is 0 Å². The second-order valence-corrected chi connectivity index (χ2v) is 5.45. The van der Waals surface area contributed by atoms with E-state index in [1.165, 1.54) is 6.07 Å². The van der Waals surface area contributed by atoms with Gasteiger partial charge in [-0.1, -0.05) is 23.4 Å². The van der Waals surface area contributed by atoms with E-state index in [9.17, 15) is 4.39 Å². The summed E-state index contributed by atoms with van der Waals surface area (Å²) in [6.45, 7) is 2.00. The number of nitrogens with two attached hydrogens (primary N) is 1. The van der Waals surface area contributed by atoms with Crippen LogP contribution in [-0.4, -0.2) is 5.16 Å². The molecule has 19 heavy (non-hydrogen) atoms. The normalized spacial score (nSPS) is 10.8. The number of hydrogen-bond donors (Lipinski definition) is 1. The second kappa shape index (κ2) is 4.51. The molecule has 2 aromatic heterocycles. The molecule has 96 valence electrons. The highest BCUT2D eigenvalue weighted by Gasteiger charge is 2.21. The highest BCUT2D eigenvalue weighted by atomic mass is 32.1. The van der Waals surface area contributed by atoms with E-state index in [0.717, 1.165) is 9.75 Å². The Bertz CT molecular complexity index is 733. The Hall–Kier alpha value is -2.14. The molecule has 5 heteroatoms. The molecule has 0 saturated carbocycles. The van der Waals surface area contributed by atoms with Crippen molar-refractivity contribution in [3.8, 4) is 21.8 Å². The van der Waals surface area contributed by atoms with E-state index in [2.05, 4.69) is 5.16 Å². The van der Waals surface area contributed by atoms with Crippen molar-refractivity contribution >= 4 is 17.2 Å². The van der Waals surface area contributed by atoms with Gasteiger partial charge in [0.1, 0.15) is 5.82 Å². The molecule has 3 rings (SSSR count). The second-order valence-electron chi connectivity index (χ2n) is 4.16. The topological polar surface area (TPSA) is 52.0 Å². The highest BCUT2D eigenvalue weighted by molar-refractivity contribution is 7.15. The van der Waals surface area contributed by atoms with Crippen molar-refractivity contribution in [1.29, 1.82) is 0 Å². The van der Waals surface area contributed by atoms with Crippen LogP contribution in [0.3, 0.4) is 0 Å². The van der Waals surface area contributed by atoms with Crippen LogP contribution in [-0.2, 0) is 0 Å². The minimum Gasteiger partial charge on any atom is -0.380 e. The molecule has 0 unspecified atom stereocenters. The Balaban J connectivity index is 2.22. The molecule has 0 aliphatic carbocycles. The summed E-state index contributed by atoms with van der Waals surface area (Å²) in [6, 6.07) is 10.4. The number of benzene rings is 1. The van der Waals surface area contributed by atoms with Crippen molar-refractivity contribution in [2.24, 2.45) is 0 Å². The zero-order valence-corrected chi connectivity index (χ0v) is 11.0. The van der Waals surface area contributed by atoms with E-state index in [0.29, 0.717) is 16.9 Å². The van der Waals surface area contributed by atoms with Crippen LogP contribution in [0.1, 0.15) is 4.88 Å². The van der Waals surface area contributed by atoms with E-state index in [1.54, 1.807) is 29.5 Å². The van der Waals surface area contributed by atoms with Crippen LogP contribution in [0, 0.1) is 12.7 Å². The van der Waals surface area contributed by atoms with Crippen LogP contribution in [0.2, 0.25) is 0 Å². The lowest BCUT2D eigenvalue weighted by Crippen LogP contribution is -1.90. The fraction of sp³-hybridized carbons (Fsp3) is 0.0714. The molecule has 0 amide bonds. The third kappa shape index (κ3) is 2.02. The lowest BCUT2D eigenvalue weighted by molar-refractivity contribution is 0.437. The molecular formula is C14H11FN2OS. The quantitative estimate of drug-likeness (QED) is 0.765. The molecule has 0 radical (unpaired) electrons. The standard InChI is InChI=1S/C14H11FN2OS/c1-8-6-7-11(19-8)13-12(14(16)17-18-13)9-4-2-3-5-10(9)15/h2-7H,1H3,(H2,16,17). The molecule has 2 heterocycles. The molecule has 0 fully saturated rings. The first-order chi connectivity index (χ1) is 9.16. The molecular weight excluding hydrogens is 263 g/mol. The van der Waals surface area contributed by atoms with Gasteiger partial charge in [-0.15, -0.1) is 11.3 Å². The van der Waals surface area contributed by atoms with Gasteiger partial charge in [0.05, 0.1) is 10.4 Å². The average Bonchev–Trinajstić information content (AvgIpc) is 2.96. The fourth-order valence-electron chi connectivity index (χ4n) is 1.95. The first kappa shape index (κ1) is 11.9. The molecule has 0 aliphatic heterocycles. The summed E-state index contributed by atoms with van der Waals surface area (Å²) in [7, 11) is 0. The average molecular weight is 274 g/mol. The number of hydrogen-bond acceptors (Lipinski definition) is 4. The lowest BCUT2D eigenvalue weighted by atomic mass is 10.0. The van der Waals surface area contributed by atoms with E-state index < -0.39 is 0 Å². The monoisotopic (exact) mass is 274 g/mol. The summed E-state index contributed by atoms with van der Waals surface area (Å²) in [5.41, 5.74) is 6.74. The maximum atomic E-state index is 13.9. The first-order valence-electron chi connectivity index (χ1n) is 5.73. The van der Waals surface area contributed by atoms with Crippen LogP contribution < -0.4 is 5.73 Å². The van der Waals surface area contributed by atoms with Gasteiger partial charge >= 0.3 is 0 Å². The summed E-state index contributed by atoms with van der Waals surface area (Å²) in [5, 5.41) is 3.76. The maximum absolute atomic E-state index is 13.9. The number of halogens is 1. The van der Waals surface area contributed by atoms with Gasteiger partial charge in [0, 0.05) is 10.4 Å². The minimum absolute atomic E-state index is 0.200. The Kier molecular flexibility index (Phi) is 2.83. The lowest BCUT2D eigenvalue weighted by Gasteiger charge is -2.02. The number of nitrogen functional groups attached to an aromatic ring is 1. The summed E-state index contributed by atoms with van der Waals surface area (Å²) in [4.78, 5) is 2.03. The molecule has 0 atom stereocenters. The highest BCUT2D eigenvalue weighted by Crippen LogP contribution is 2.40. The van der Waals surface area contributed by atoms with Gasteiger partial charge in [-0.3, -0.25) is 0 Å². The number of aryl methyl sites for hydroxylation is 1. The third-order valence-electron chi connectivity index (χ3n) is 2.83. The van der Waals surface area contributed by atoms with Gasteiger partial charge in [-0.05, 0) is 25.1 Å². The summed E-state index contributed by atoms with van der Waals surface area (Å²) < 4.78 is 19.2. The molecule has 1 aromatic carbocycles. The third-order valence-corrected chi connectivity index (χ3v) is 3.83. The largest absolute Gasteiger partial charge is 0.380 e. The van der Waals surface area contributed by atoms with E-state index >= 15 is 0 Å². The molecule has 0 spiro atoms. The van der Waals surface area contributed by atoms with Crippen molar-refractivity contribution in [1.82, 2.24) is 5.16 Å². The van der Waals surface area contributed by atoms with Gasteiger partial charge in [0.15, 0.2) is 11.6 Å². The zero-order chi connectivity index (χ0) is 13.4. The molecule has 2 N–H and O–H groups in total. The SMILES string of the molecule is Cc1ccc(-c2onc(N)c2-c2ccccc2F)s1. The number of aromatic nitrogens is 1. The summed E-state index contributed by atoms with van der Waals surface area (Å²) in [6.07, 6.45) is 0. The smallest absolute Gasteiger partial charge is 0.186 e. The maximum Gasteiger partial charge on any atom is 0.186 e. The van der Waals surface area contributed by atoms with Crippen molar-refractivity contribution in [2.75, 3.05) is 5.73 Å². The van der Waals surface area contributed by atoms with Crippen LogP contribution in [0.25, 0.3) is 21.8 Å². The van der Waals surface area contributed by atoms with Crippen LogP contribution in [0.15, 0.2) is 40.9 Å². The molecule has 0 aliphatic rings. The Morgan fingerprint density at radius 1 is 1.21 bits per heavy atom. The minimum atomic E-state index is -0.341. The van der Waals surface area contributed by atoms with Crippen LogP contribution in [0.5, 0.6) is 0 Å². The molecule has 3 nitrogen and oxygen atoms in total. The Labute approximate surface area is 113 Å². The van der Waals surface area contributed by atoms with Crippen LogP contribution in [0.4, 0.5) is 10.2 Å². The number of rotatable bonds is 2. The van der Waals surface area contributed by atoms with Crippen molar-refractivity contribution in [3.05, 3.63) is 47.1 Å². The first-order valence-corrected chi connectivity index (χ1v) is 6.55. The van der Waals surface area contributed by atoms with E-state index in [4.69, 9.17) is 10.3 Å². The number of thiophene rings is 1. The van der Waals surface area contributed by atoms with Crippen LogP contribution >= 0.6 is 11.3 Å².